The average Bonchev–Trinajstić information content (AvgIpc) is 3.43. The van der Waals surface area contributed by atoms with E-state index in [1.54, 1.807) is 6.08 Å². The number of nitrogens with zero attached hydrogens (tertiary/aromatic N) is 4. The molecule has 0 saturated carbocycles. The van der Waals surface area contributed by atoms with Gasteiger partial charge in [0, 0.05) is 53.7 Å². The van der Waals surface area contributed by atoms with Crippen molar-refractivity contribution >= 4 is 45.8 Å². The molecule has 0 aromatic heterocycles. The fourth-order valence-electron chi connectivity index (χ4n) is 8.15. The van der Waals surface area contributed by atoms with E-state index in [2.05, 4.69) is 118 Å². The maximum atomic E-state index is 10.4. The van der Waals surface area contributed by atoms with Gasteiger partial charge in [0.2, 0.25) is 5.72 Å². The first-order chi connectivity index (χ1) is 24.0. The summed E-state index contributed by atoms with van der Waals surface area (Å²) in [4.78, 5) is 14.0. The van der Waals surface area contributed by atoms with Gasteiger partial charge in [-0.2, -0.15) is 0 Å². The summed E-state index contributed by atoms with van der Waals surface area (Å²) in [6.45, 7) is 8.89. The molecule has 1 N–H and O–H groups in total. The number of hydrogen-bond donors (Lipinski definition) is 1. The lowest BCUT2D eigenvalue weighted by atomic mass is 9.77. The first-order valence-electron chi connectivity index (χ1n) is 17.2. The fourth-order valence-corrected chi connectivity index (χ4v) is 8.15. The molecule has 1 unspecified atom stereocenters. The highest BCUT2D eigenvalue weighted by Crippen LogP contribution is 2.54. The van der Waals surface area contributed by atoms with Gasteiger partial charge in [-0.25, -0.2) is 0 Å². The molecule has 9 rings (SSSR count). The van der Waals surface area contributed by atoms with Crippen molar-refractivity contribution in [2.24, 2.45) is 9.98 Å². The number of hydrogen-bond acceptors (Lipinski definition) is 6. The van der Waals surface area contributed by atoms with Crippen LogP contribution in [-0.2, 0) is 10.8 Å². The van der Waals surface area contributed by atoms with E-state index in [9.17, 15) is 5.11 Å². The van der Waals surface area contributed by atoms with Gasteiger partial charge in [0.05, 0.1) is 17.3 Å². The molecule has 1 spiro atoms. The van der Waals surface area contributed by atoms with Crippen LogP contribution in [0.1, 0.15) is 49.9 Å². The Balaban J connectivity index is 0.000000144. The van der Waals surface area contributed by atoms with Crippen LogP contribution in [0.15, 0.2) is 137 Å². The number of aliphatic hydroxyl groups excluding tert-OH is 1. The molecular weight excluding hydrogens is 617 g/mol. The molecule has 6 nitrogen and oxygen atoms in total. The number of fused-ring (bicyclic) bond motifs is 6. The third kappa shape index (κ3) is 4.66. The van der Waals surface area contributed by atoms with E-state index in [4.69, 9.17) is 14.7 Å². The monoisotopic (exact) mass is 658 g/mol. The molecular formula is C44H42N4O2. The van der Waals surface area contributed by atoms with Crippen LogP contribution in [0.25, 0.3) is 16.8 Å². The predicted octanol–water partition coefficient (Wildman–Crippen LogP) is 9.19. The Morgan fingerprint density at radius 1 is 0.780 bits per heavy atom. The SMILES string of the molecule is CN1/C(=C/N=C2c3ccccc3C=C[C@@H]2O)C(C)(C)c2ccccc21.CN1c2ccccc2C(C)(C)C12C=Nc1c(ccc3ccccc13)O2. The van der Waals surface area contributed by atoms with E-state index in [-0.39, 0.29) is 10.8 Å². The summed E-state index contributed by atoms with van der Waals surface area (Å²) >= 11 is 0. The Hall–Kier alpha value is -5.46. The molecule has 0 bridgehead atoms. The van der Waals surface area contributed by atoms with Crippen LogP contribution < -0.4 is 14.5 Å². The van der Waals surface area contributed by atoms with Gasteiger partial charge in [-0.3, -0.25) is 9.98 Å². The molecule has 0 fully saturated rings. The molecule has 5 aromatic carbocycles. The standard InChI is InChI=1S/C22H20N2O.C22H22N2O/c1-21(2)17-10-6-7-11-18(17)24(3)22(21)14-23-20-16-9-5-4-8-15(16)12-13-19(20)25-22;1-22(2)17-10-6-7-11-18(17)24(3)20(22)14-23-21-16-9-5-4-8-15(16)12-13-19(21)25/h4-14H,1-3H3;4-14,19,25H,1-3H3/b;20-14+,23-21?/t;19-/m.0/s1. The van der Waals surface area contributed by atoms with E-state index in [0.717, 1.165) is 33.6 Å². The van der Waals surface area contributed by atoms with Gasteiger partial charge >= 0.3 is 0 Å². The van der Waals surface area contributed by atoms with Gasteiger partial charge in [0.15, 0.2) is 0 Å². The summed E-state index contributed by atoms with van der Waals surface area (Å²) in [6, 6.07) is 37.5. The van der Waals surface area contributed by atoms with E-state index < -0.39 is 11.8 Å². The molecule has 0 amide bonds. The molecule has 6 heteroatoms. The summed E-state index contributed by atoms with van der Waals surface area (Å²) in [6.07, 6.45) is 6.96. The lowest BCUT2D eigenvalue weighted by Gasteiger charge is -2.45. The minimum absolute atomic E-state index is 0.121. The number of ether oxygens (including phenoxy) is 1. The molecule has 2 atom stereocenters. The molecule has 50 heavy (non-hydrogen) atoms. The van der Waals surface area contributed by atoms with Crippen molar-refractivity contribution in [3.8, 4) is 5.75 Å². The van der Waals surface area contributed by atoms with Crippen molar-refractivity contribution in [3.05, 3.63) is 149 Å². The zero-order valence-corrected chi connectivity index (χ0v) is 29.4. The van der Waals surface area contributed by atoms with Crippen molar-refractivity contribution in [1.29, 1.82) is 0 Å². The van der Waals surface area contributed by atoms with Crippen molar-refractivity contribution < 1.29 is 9.84 Å². The van der Waals surface area contributed by atoms with Crippen LogP contribution in [-0.4, -0.2) is 43.0 Å². The summed E-state index contributed by atoms with van der Waals surface area (Å²) in [5.74, 6) is 0.842. The Kier molecular flexibility index (Phi) is 7.35. The maximum Gasteiger partial charge on any atom is 0.228 e. The molecule has 3 heterocycles. The Morgan fingerprint density at radius 3 is 2.24 bits per heavy atom. The number of benzene rings is 5. The third-order valence-corrected chi connectivity index (χ3v) is 11.1. The minimum Gasteiger partial charge on any atom is -0.459 e. The quantitative estimate of drug-likeness (QED) is 0.195. The summed E-state index contributed by atoms with van der Waals surface area (Å²) in [5.41, 5.74) is 8.86. The van der Waals surface area contributed by atoms with Gasteiger partial charge in [0.1, 0.15) is 17.5 Å². The molecule has 0 radical (unpaired) electrons. The minimum atomic E-state index is -0.677. The fraction of sp³-hybridized carbons (Fsp3) is 0.227. The number of para-hydroxylation sites is 2. The summed E-state index contributed by atoms with van der Waals surface area (Å²) < 4.78 is 6.68. The molecule has 4 aliphatic rings. The topological polar surface area (TPSA) is 60.7 Å². The third-order valence-electron chi connectivity index (χ3n) is 11.1. The van der Waals surface area contributed by atoms with E-state index in [1.165, 1.54) is 27.9 Å². The van der Waals surface area contributed by atoms with Crippen molar-refractivity contribution in [1.82, 2.24) is 0 Å². The number of allylic oxidation sites excluding steroid dienone is 1. The lowest BCUT2D eigenvalue weighted by molar-refractivity contribution is 0.0826. The first kappa shape index (κ1) is 31.8. The van der Waals surface area contributed by atoms with Crippen LogP contribution >= 0.6 is 0 Å². The van der Waals surface area contributed by atoms with Crippen LogP contribution in [0.3, 0.4) is 0 Å². The molecule has 0 saturated heterocycles. The highest BCUT2D eigenvalue weighted by molar-refractivity contribution is 6.10. The number of likely N-dealkylation sites (N-methyl/N-ethyl adjacent to an activating group) is 2. The van der Waals surface area contributed by atoms with E-state index in [0.29, 0.717) is 5.71 Å². The van der Waals surface area contributed by atoms with Gasteiger partial charge in [-0.1, -0.05) is 111 Å². The second-order valence-electron chi connectivity index (χ2n) is 14.5. The van der Waals surface area contributed by atoms with Gasteiger partial charge in [-0.05, 0) is 60.2 Å². The smallest absolute Gasteiger partial charge is 0.228 e. The normalized spacial score (nSPS) is 23.3. The van der Waals surface area contributed by atoms with E-state index in [1.807, 2.05) is 61.0 Å². The molecule has 1 aliphatic carbocycles. The Morgan fingerprint density at radius 2 is 1.46 bits per heavy atom. The molecule has 250 valence electrons. The van der Waals surface area contributed by atoms with Crippen LogP contribution in [0, 0.1) is 0 Å². The van der Waals surface area contributed by atoms with Gasteiger partial charge in [0.25, 0.3) is 0 Å². The van der Waals surface area contributed by atoms with E-state index >= 15 is 0 Å². The highest BCUT2D eigenvalue weighted by atomic mass is 16.5. The van der Waals surface area contributed by atoms with Crippen molar-refractivity contribution in [3.63, 3.8) is 0 Å². The van der Waals surface area contributed by atoms with Crippen LogP contribution in [0.5, 0.6) is 5.75 Å². The zero-order chi connectivity index (χ0) is 34.8. The second-order valence-corrected chi connectivity index (χ2v) is 14.5. The molecule has 5 aromatic rings. The van der Waals surface area contributed by atoms with Gasteiger partial charge in [-0.15, -0.1) is 0 Å². The van der Waals surface area contributed by atoms with Crippen LogP contribution in [0.2, 0.25) is 0 Å². The maximum absolute atomic E-state index is 10.4. The number of aliphatic imine (C=N–C) groups is 2. The number of rotatable bonds is 1. The molecule has 3 aliphatic heterocycles. The number of aliphatic hydroxyl groups is 1. The van der Waals surface area contributed by atoms with Crippen molar-refractivity contribution in [2.45, 2.75) is 50.4 Å². The lowest BCUT2D eigenvalue weighted by Crippen LogP contribution is -2.61. The zero-order valence-electron chi connectivity index (χ0n) is 29.4. The highest BCUT2D eigenvalue weighted by Gasteiger charge is 2.58. The second kappa shape index (κ2) is 11.6. The number of anilines is 2. The average molecular weight is 659 g/mol. The van der Waals surface area contributed by atoms with Gasteiger partial charge < -0.3 is 19.6 Å². The first-order valence-corrected chi connectivity index (χ1v) is 17.2. The van der Waals surface area contributed by atoms with Crippen LogP contribution in [0.4, 0.5) is 17.1 Å². The Bertz CT molecular complexity index is 2280. The predicted molar refractivity (Wildman–Crippen MR) is 207 cm³/mol. The van der Waals surface area contributed by atoms with Crippen molar-refractivity contribution in [2.75, 3.05) is 23.9 Å². The largest absolute Gasteiger partial charge is 0.459 e. The summed E-state index contributed by atoms with van der Waals surface area (Å²) in [7, 11) is 4.16. The Labute approximate surface area is 294 Å². The summed E-state index contributed by atoms with van der Waals surface area (Å²) in [5, 5.41) is 12.7.